The zero-order valence-electron chi connectivity index (χ0n) is 16.1. The molecule has 8 nitrogen and oxygen atoms in total. The van der Waals surface area contributed by atoms with Crippen molar-refractivity contribution in [3.63, 3.8) is 0 Å². The lowest BCUT2D eigenvalue weighted by Crippen LogP contribution is -2.42. The molecular weight excluding hydrogens is 366 g/mol. The van der Waals surface area contributed by atoms with Crippen LogP contribution in [0, 0.1) is 5.92 Å². The van der Waals surface area contributed by atoms with Crippen LogP contribution >= 0.6 is 11.8 Å². The van der Waals surface area contributed by atoms with Crippen LogP contribution in [0.25, 0.3) is 11.4 Å². The van der Waals surface area contributed by atoms with Gasteiger partial charge in [-0.25, -0.2) is 4.79 Å². The average molecular weight is 391 g/mol. The van der Waals surface area contributed by atoms with Gasteiger partial charge in [-0.1, -0.05) is 25.6 Å². The second-order valence-corrected chi connectivity index (χ2v) is 7.74. The highest BCUT2D eigenvalue weighted by Gasteiger charge is 2.28. The van der Waals surface area contributed by atoms with Crippen molar-refractivity contribution in [1.82, 2.24) is 20.1 Å². The SMILES string of the molecule is COc1ccc(-c2nnc(S[C@@H](C(=O)NC(N)=O)C(C)C)n2C(C)C)cc1. The number of hydrogen-bond donors (Lipinski definition) is 2. The minimum atomic E-state index is -0.865. The molecule has 0 unspecified atom stereocenters. The number of methoxy groups -OCH3 is 1. The number of primary amides is 1. The number of carbonyl (C=O) groups is 2. The van der Waals surface area contributed by atoms with Crippen molar-refractivity contribution in [1.29, 1.82) is 0 Å². The van der Waals surface area contributed by atoms with Crippen molar-refractivity contribution in [2.45, 2.75) is 44.1 Å². The number of benzene rings is 1. The van der Waals surface area contributed by atoms with E-state index in [0.29, 0.717) is 11.0 Å². The van der Waals surface area contributed by atoms with E-state index in [0.717, 1.165) is 11.3 Å². The highest BCUT2D eigenvalue weighted by molar-refractivity contribution is 8.00. The van der Waals surface area contributed by atoms with Crippen molar-refractivity contribution < 1.29 is 14.3 Å². The van der Waals surface area contributed by atoms with Gasteiger partial charge in [0.1, 0.15) is 5.75 Å². The zero-order chi connectivity index (χ0) is 20.1. The Hall–Kier alpha value is -2.55. The topological polar surface area (TPSA) is 112 Å². The van der Waals surface area contributed by atoms with Gasteiger partial charge in [0.2, 0.25) is 5.91 Å². The van der Waals surface area contributed by atoms with Crippen molar-refractivity contribution >= 4 is 23.7 Å². The number of ether oxygens (including phenoxy) is 1. The van der Waals surface area contributed by atoms with Crippen molar-refractivity contribution in [3.05, 3.63) is 24.3 Å². The summed E-state index contributed by atoms with van der Waals surface area (Å²) >= 11 is 1.27. The minimum Gasteiger partial charge on any atom is -0.497 e. The summed E-state index contributed by atoms with van der Waals surface area (Å²) in [6, 6.07) is 6.76. The molecule has 0 spiro atoms. The lowest BCUT2D eigenvalue weighted by Gasteiger charge is -2.20. The fourth-order valence-corrected chi connectivity index (χ4v) is 3.72. The normalized spacial score (nSPS) is 12.3. The Balaban J connectivity index is 2.37. The second kappa shape index (κ2) is 8.90. The predicted octanol–water partition coefficient (Wildman–Crippen LogP) is 2.85. The molecule has 1 aromatic heterocycles. The Labute approximate surface area is 162 Å². The third-order valence-electron chi connectivity index (χ3n) is 3.87. The minimum absolute atomic E-state index is 0.0314. The first-order valence-corrected chi connectivity index (χ1v) is 9.48. The maximum Gasteiger partial charge on any atom is 0.318 e. The highest BCUT2D eigenvalue weighted by Crippen LogP contribution is 2.33. The lowest BCUT2D eigenvalue weighted by molar-refractivity contribution is -0.120. The van der Waals surface area contributed by atoms with E-state index in [1.54, 1.807) is 7.11 Å². The Kier molecular flexibility index (Phi) is 6.84. The number of amides is 3. The molecular formula is C18H25N5O3S. The number of nitrogens with two attached hydrogens (primary N) is 1. The Morgan fingerprint density at radius 1 is 1.15 bits per heavy atom. The molecule has 9 heteroatoms. The number of imide groups is 1. The molecule has 0 radical (unpaired) electrons. The maximum absolute atomic E-state index is 12.3. The first-order chi connectivity index (χ1) is 12.7. The van der Waals surface area contributed by atoms with Crippen molar-refractivity contribution in [2.24, 2.45) is 11.7 Å². The molecule has 1 heterocycles. The standard InChI is InChI=1S/C18H25N5O3S/c1-10(2)14(16(24)20-17(19)25)27-18-22-21-15(23(18)11(3)4)12-6-8-13(26-5)9-7-12/h6-11,14H,1-5H3,(H3,19,20,24,25)/t14-/m1/s1. The first-order valence-electron chi connectivity index (χ1n) is 8.60. The van der Waals surface area contributed by atoms with E-state index >= 15 is 0 Å². The number of nitrogens with one attached hydrogen (secondary N) is 1. The molecule has 2 rings (SSSR count). The van der Waals surface area contributed by atoms with E-state index in [-0.39, 0.29) is 12.0 Å². The molecule has 0 bridgehead atoms. The predicted molar refractivity (Wildman–Crippen MR) is 105 cm³/mol. The van der Waals surface area contributed by atoms with Crippen LogP contribution in [-0.4, -0.2) is 39.1 Å². The van der Waals surface area contributed by atoms with Crippen LogP contribution in [0.15, 0.2) is 29.4 Å². The molecule has 1 aromatic carbocycles. The third kappa shape index (κ3) is 5.00. The van der Waals surface area contributed by atoms with Gasteiger partial charge in [0.15, 0.2) is 11.0 Å². The van der Waals surface area contributed by atoms with Gasteiger partial charge in [-0.3, -0.25) is 14.7 Å². The summed E-state index contributed by atoms with van der Waals surface area (Å²) in [7, 11) is 1.61. The number of urea groups is 1. The Bertz CT molecular complexity index is 802. The van der Waals surface area contributed by atoms with Crippen LogP contribution in [0.5, 0.6) is 5.75 Å². The van der Waals surface area contributed by atoms with E-state index in [4.69, 9.17) is 10.5 Å². The van der Waals surface area contributed by atoms with E-state index in [1.807, 2.05) is 56.5 Å². The molecule has 27 heavy (non-hydrogen) atoms. The smallest absolute Gasteiger partial charge is 0.318 e. The summed E-state index contributed by atoms with van der Waals surface area (Å²) in [4.78, 5) is 23.4. The van der Waals surface area contributed by atoms with Crippen LogP contribution < -0.4 is 15.8 Å². The van der Waals surface area contributed by atoms with E-state index < -0.39 is 17.2 Å². The summed E-state index contributed by atoms with van der Waals surface area (Å²) in [6.45, 7) is 7.85. The number of thioether (sulfide) groups is 1. The monoisotopic (exact) mass is 391 g/mol. The van der Waals surface area contributed by atoms with Gasteiger partial charge in [-0.05, 0) is 44.0 Å². The largest absolute Gasteiger partial charge is 0.497 e. The number of rotatable bonds is 7. The van der Waals surface area contributed by atoms with Gasteiger partial charge in [-0.15, -0.1) is 10.2 Å². The summed E-state index contributed by atoms with van der Waals surface area (Å²) in [6.07, 6.45) is 0. The molecule has 0 fully saturated rings. The molecule has 0 aliphatic carbocycles. The Morgan fingerprint density at radius 3 is 2.26 bits per heavy atom. The molecule has 0 saturated carbocycles. The van der Waals surface area contributed by atoms with Gasteiger partial charge in [0.05, 0.1) is 12.4 Å². The number of hydrogen-bond acceptors (Lipinski definition) is 6. The number of nitrogens with zero attached hydrogens (tertiary/aromatic N) is 3. The van der Waals surface area contributed by atoms with E-state index in [9.17, 15) is 9.59 Å². The summed E-state index contributed by atoms with van der Waals surface area (Å²) in [5.41, 5.74) is 5.98. The van der Waals surface area contributed by atoms with Crippen LogP contribution in [0.1, 0.15) is 33.7 Å². The van der Waals surface area contributed by atoms with Gasteiger partial charge >= 0.3 is 6.03 Å². The molecule has 3 amide bonds. The fraction of sp³-hybridized carbons (Fsp3) is 0.444. The third-order valence-corrected chi connectivity index (χ3v) is 5.37. The van der Waals surface area contributed by atoms with Crippen LogP contribution in [0.3, 0.4) is 0 Å². The fourth-order valence-electron chi connectivity index (χ4n) is 2.56. The molecule has 146 valence electrons. The zero-order valence-corrected chi connectivity index (χ0v) is 16.9. The lowest BCUT2D eigenvalue weighted by atomic mass is 10.1. The van der Waals surface area contributed by atoms with Crippen LogP contribution in [0.2, 0.25) is 0 Å². The summed E-state index contributed by atoms with van der Waals surface area (Å²) in [5.74, 6) is 0.989. The maximum atomic E-state index is 12.3. The number of aromatic nitrogens is 3. The molecule has 3 N–H and O–H groups in total. The Morgan fingerprint density at radius 2 is 1.78 bits per heavy atom. The molecule has 2 aromatic rings. The highest BCUT2D eigenvalue weighted by atomic mass is 32.2. The van der Waals surface area contributed by atoms with E-state index in [2.05, 4.69) is 15.5 Å². The van der Waals surface area contributed by atoms with E-state index in [1.165, 1.54) is 11.8 Å². The van der Waals surface area contributed by atoms with Crippen LogP contribution in [0.4, 0.5) is 4.79 Å². The van der Waals surface area contributed by atoms with Crippen molar-refractivity contribution in [2.75, 3.05) is 7.11 Å². The van der Waals surface area contributed by atoms with Gasteiger partial charge in [0, 0.05) is 11.6 Å². The molecule has 0 aliphatic heterocycles. The van der Waals surface area contributed by atoms with Crippen LogP contribution in [-0.2, 0) is 4.79 Å². The second-order valence-electron chi connectivity index (χ2n) is 6.63. The first kappa shape index (κ1) is 20.8. The average Bonchev–Trinajstić information content (AvgIpc) is 3.02. The van der Waals surface area contributed by atoms with Gasteiger partial charge < -0.3 is 10.5 Å². The van der Waals surface area contributed by atoms with Gasteiger partial charge in [-0.2, -0.15) is 0 Å². The molecule has 0 saturated heterocycles. The number of carbonyl (C=O) groups excluding carboxylic acids is 2. The van der Waals surface area contributed by atoms with Crippen molar-refractivity contribution in [3.8, 4) is 17.1 Å². The molecule has 0 aliphatic rings. The van der Waals surface area contributed by atoms with Gasteiger partial charge in [0.25, 0.3) is 0 Å². The molecule has 1 atom stereocenters. The summed E-state index contributed by atoms with van der Waals surface area (Å²) < 4.78 is 7.17. The summed E-state index contributed by atoms with van der Waals surface area (Å²) in [5, 5.41) is 10.8. The quantitative estimate of drug-likeness (QED) is 0.702.